The number of carbonyl (C=O) groups is 1. The maximum Gasteiger partial charge on any atom is 0.228 e. The SMILES string of the molecule is CC(C)NC(=O)[C@@]12CC[C@](C(Br)Br)([C@@H]1Br)C2(C)C. The molecule has 3 fully saturated rings. The number of carbonyl (C=O) groups excluding carboxylic acids is 1. The first-order chi connectivity index (χ1) is 8.14. The average molecular weight is 446 g/mol. The summed E-state index contributed by atoms with van der Waals surface area (Å²) >= 11 is 11.2. The summed E-state index contributed by atoms with van der Waals surface area (Å²) in [6.07, 6.45) is 2.03. The number of halogens is 3. The predicted molar refractivity (Wildman–Crippen MR) is 85.5 cm³/mol. The number of fused-ring (bicyclic) bond motifs is 1. The van der Waals surface area contributed by atoms with Crippen molar-refractivity contribution in [3.05, 3.63) is 0 Å². The number of hydrogen-bond acceptors (Lipinski definition) is 1. The van der Waals surface area contributed by atoms with Gasteiger partial charge in [-0.2, -0.15) is 0 Å². The van der Waals surface area contributed by atoms with Crippen molar-refractivity contribution in [3.8, 4) is 0 Å². The summed E-state index contributed by atoms with van der Waals surface area (Å²) in [4.78, 5) is 12.9. The van der Waals surface area contributed by atoms with E-state index in [1.165, 1.54) is 0 Å². The van der Waals surface area contributed by atoms with Crippen molar-refractivity contribution in [3.63, 3.8) is 0 Å². The molecular formula is C13H20Br3NO. The van der Waals surface area contributed by atoms with Gasteiger partial charge in [-0.15, -0.1) is 0 Å². The maximum absolute atomic E-state index is 12.6. The molecule has 0 spiro atoms. The van der Waals surface area contributed by atoms with E-state index in [0.29, 0.717) is 0 Å². The van der Waals surface area contributed by atoms with Crippen LogP contribution in [0.3, 0.4) is 0 Å². The molecule has 0 unspecified atom stereocenters. The summed E-state index contributed by atoms with van der Waals surface area (Å²) in [7, 11) is 0. The van der Waals surface area contributed by atoms with Gasteiger partial charge in [0.25, 0.3) is 0 Å². The average Bonchev–Trinajstić information content (AvgIpc) is 2.66. The first kappa shape index (κ1) is 15.3. The second-order valence-electron chi connectivity index (χ2n) is 6.43. The van der Waals surface area contributed by atoms with E-state index in [2.05, 4.69) is 67.0 Å². The van der Waals surface area contributed by atoms with Crippen LogP contribution in [0.5, 0.6) is 0 Å². The third-order valence-electron chi connectivity index (χ3n) is 5.31. The Bertz CT molecular complexity index is 382. The number of rotatable bonds is 3. The summed E-state index contributed by atoms with van der Waals surface area (Å²) in [5, 5.41) is 3.11. The van der Waals surface area contributed by atoms with Crippen LogP contribution in [0.2, 0.25) is 0 Å². The molecule has 5 heteroatoms. The molecule has 3 saturated carbocycles. The lowest BCUT2D eigenvalue weighted by Crippen LogP contribution is -2.72. The fraction of sp³-hybridized carbons (Fsp3) is 0.923. The predicted octanol–water partition coefficient (Wildman–Crippen LogP) is 4.20. The summed E-state index contributed by atoms with van der Waals surface area (Å²) in [6, 6.07) is 0.196. The minimum Gasteiger partial charge on any atom is -0.353 e. The third kappa shape index (κ3) is 1.47. The van der Waals surface area contributed by atoms with E-state index in [9.17, 15) is 4.79 Å². The van der Waals surface area contributed by atoms with Crippen molar-refractivity contribution in [2.24, 2.45) is 16.2 Å². The van der Waals surface area contributed by atoms with Gasteiger partial charge in [0.2, 0.25) is 5.91 Å². The van der Waals surface area contributed by atoms with Crippen molar-refractivity contribution < 1.29 is 4.79 Å². The van der Waals surface area contributed by atoms with Gasteiger partial charge in [-0.25, -0.2) is 0 Å². The molecule has 0 aromatic heterocycles. The highest BCUT2D eigenvalue weighted by atomic mass is 79.9. The highest BCUT2D eigenvalue weighted by Crippen LogP contribution is 2.82. The van der Waals surface area contributed by atoms with Crippen LogP contribution in [0, 0.1) is 16.2 Å². The molecular weight excluding hydrogens is 426 g/mol. The van der Waals surface area contributed by atoms with E-state index in [0.717, 1.165) is 12.8 Å². The van der Waals surface area contributed by atoms with Crippen molar-refractivity contribution in [2.45, 2.75) is 55.1 Å². The molecule has 104 valence electrons. The van der Waals surface area contributed by atoms with Crippen LogP contribution in [0.15, 0.2) is 0 Å². The van der Waals surface area contributed by atoms with Crippen LogP contribution >= 0.6 is 47.8 Å². The first-order valence-corrected chi connectivity index (χ1v) is 9.12. The summed E-state index contributed by atoms with van der Waals surface area (Å²) in [6.45, 7) is 8.49. The van der Waals surface area contributed by atoms with E-state index in [1.54, 1.807) is 0 Å². The molecule has 2 nitrogen and oxygen atoms in total. The van der Waals surface area contributed by atoms with Crippen molar-refractivity contribution >= 4 is 53.7 Å². The van der Waals surface area contributed by atoms with Crippen LogP contribution in [-0.2, 0) is 4.79 Å². The van der Waals surface area contributed by atoms with Crippen LogP contribution in [-0.4, -0.2) is 20.5 Å². The Hall–Kier alpha value is 0.910. The van der Waals surface area contributed by atoms with Gasteiger partial charge in [-0.3, -0.25) is 4.79 Å². The fourth-order valence-electron chi connectivity index (χ4n) is 4.09. The zero-order chi connectivity index (χ0) is 13.9. The number of alkyl halides is 3. The molecule has 3 rings (SSSR count). The molecule has 3 aliphatic rings. The van der Waals surface area contributed by atoms with E-state index in [4.69, 9.17) is 0 Å². The lowest BCUT2D eigenvalue weighted by atomic mass is 9.43. The fourth-order valence-corrected chi connectivity index (χ4v) is 9.00. The molecule has 0 aromatic rings. The Morgan fingerprint density at radius 2 is 1.83 bits per heavy atom. The van der Waals surface area contributed by atoms with Crippen LogP contribution in [0.25, 0.3) is 0 Å². The zero-order valence-electron chi connectivity index (χ0n) is 11.2. The van der Waals surface area contributed by atoms with Gasteiger partial charge in [-0.1, -0.05) is 61.6 Å². The molecule has 0 heterocycles. The molecule has 18 heavy (non-hydrogen) atoms. The maximum atomic E-state index is 12.6. The zero-order valence-corrected chi connectivity index (χ0v) is 15.9. The number of amides is 1. The van der Waals surface area contributed by atoms with E-state index >= 15 is 0 Å². The molecule has 3 aliphatic carbocycles. The minimum absolute atomic E-state index is 0.00912. The van der Waals surface area contributed by atoms with Gasteiger partial charge in [0.15, 0.2) is 0 Å². The van der Waals surface area contributed by atoms with Crippen LogP contribution < -0.4 is 5.32 Å². The quantitative estimate of drug-likeness (QED) is 0.648. The molecule has 1 amide bonds. The van der Waals surface area contributed by atoms with Gasteiger partial charge >= 0.3 is 0 Å². The van der Waals surface area contributed by atoms with Crippen molar-refractivity contribution in [1.29, 1.82) is 0 Å². The van der Waals surface area contributed by atoms with Gasteiger partial charge < -0.3 is 5.32 Å². The van der Waals surface area contributed by atoms with Crippen molar-refractivity contribution in [1.82, 2.24) is 5.32 Å². The lowest BCUT2D eigenvalue weighted by Gasteiger charge is -2.66. The van der Waals surface area contributed by atoms with Gasteiger partial charge in [0.05, 0.1) is 9.15 Å². The highest BCUT2D eigenvalue weighted by Gasteiger charge is 2.83. The summed E-state index contributed by atoms with van der Waals surface area (Å²) in [5.41, 5.74) is -0.164. The number of nitrogens with one attached hydrogen (secondary N) is 1. The Labute approximate surface area is 134 Å². The van der Waals surface area contributed by atoms with Crippen molar-refractivity contribution in [2.75, 3.05) is 0 Å². The smallest absolute Gasteiger partial charge is 0.228 e. The second kappa shape index (κ2) is 4.45. The molecule has 0 saturated heterocycles. The third-order valence-corrected chi connectivity index (χ3v) is 8.54. The first-order valence-electron chi connectivity index (χ1n) is 6.38. The Balaban J connectivity index is 2.36. The lowest BCUT2D eigenvalue weighted by molar-refractivity contribution is -0.162. The van der Waals surface area contributed by atoms with Gasteiger partial charge in [0, 0.05) is 16.3 Å². The molecule has 0 radical (unpaired) electrons. The Morgan fingerprint density at radius 3 is 2.17 bits per heavy atom. The molecule has 1 N–H and O–H groups in total. The topological polar surface area (TPSA) is 29.1 Å². The van der Waals surface area contributed by atoms with E-state index < -0.39 is 0 Å². The molecule has 0 aromatic carbocycles. The summed E-state index contributed by atoms with van der Waals surface area (Å²) in [5.74, 6) is 0.207. The molecule has 3 atom stereocenters. The van der Waals surface area contributed by atoms with Gasteiger partial charge in [0.1, 0.15) is 0 Å². The monoisotopic (exact) mass is 443 g/mol. The minimum atomic E-state index is -0.267. The van der Waals surface area contributed by atoms with Gasteiger partial charge in [-0.05, 0) is 32.1 Å². The van der Waals surface area contributed by atoms with E-state index in [1.807, 2.05) is 13.8 Å². The normalized spacial score (nSPS) is 41.1. The number of hydrogen-bond donors (Lipinski definition) is 1. The highest BCUT2D eigenvalue weighted by molar-refractivity contribution is 9.24. The second-order valence-corrected chi connectivity index (χ2v) is 10.4. The Kier molecular flexibility index (Phi) is 3.79. The Morgan fingerprint density at radius 1 is 1.28 bits per heavy atom. The van der Waals surface area contributed by atoms with Crippen LogP contribution in [0.4, 0.5) is 0 Å². The molecule has 0 aliphatic heterocycles. The molecule has 2 bridgehead atoms. The van der Waals surface area contributed by atoms with Crippen LogP contribution in [0.1, 0.15) is 40.5 Å². The summed E-state index contributed by atoms with van der Waals surface area (Å²) < 4.78 is 0.236. The standard InChI is InChI=1S/C13H20Br3NO/c1-7(2)17-10(18)13-6-5-12(8(13)14,9(15)16)11(13,3)4/h7-9H,5-6H2,1-4H3,(H,17,18)/t8-,12+,13+/m0/s1. The largest absolute Gasteiger partial charge is 0.353 e. The van der Waals surface area contributed by atoms with E-state index in [-0.39, 0.29) is 36.8 Å².